The molecule has 0 spiro atoms. The Morgan fingerprint density at radius 3 is 2.47 bits per heavy atom. The van der Waals surface area contributed by atoms with Crippen LogP contribution in [0.1, 0.15) is 83.8 Å². The van der Waals surface area contributed by atoms with Crippen molar-refractivity contribution in [2.75, 3.05) is 51.5 Å². The van der Waals surface area contributed by atoms with Crippen LogP contribution in [0.2, 0.25) is 0 Å². The first kappa shape index (κ1) is 36.3. The predicted octanol–water partition coefficient (Wildman–Crippen LogP) is 7.96. The number of fused-ring (bicyclic) bond motifs is 2. The summed E-state index contributed by atoms with van der Waals surface area (Å²) < 4.78 is 6.14. The fraction of sp³-hybridized carbons (Fsp3) is 0.590. The zero-order valence-corrected chi connectivity index (χ0v) is 30.1. The van der Waals surface area contributed by atoms with Gasteiger partial charge in [0, 0.05) is 31.4 Å². The minimum atomic E-state index is -0.160. The van der Waals surface area contributed by atoms with Gasteiger partial charge in [0.15, 0.2) is 5.75 Å². The smallest absolute Gasteiger partial charge is 0.227 e. The molecule has 2 aliphatic rings. The number of benzene rings is 1. The summed E-state index contributed by atoms with van der Waals surface area (Å²) in [6.07, 6.45) is 13.8. The number of nitrogens with zero attached hydrogens (tertiary/aromatic N) is 3. The molecular weight excluding hydrogens is 586 g/mol. The number of hydrogen-bond acceptors (Lipinski definition) is 7. The fourth-order valence-electron chi connectivity index (χ4n) is 7.05. The van der Waals surface area contributed by atoms with Crippen molar-refractivity contribution in [3.8, 4) is 11.5 Å². The van der Waals surface area contributed by atoms with Gasteiger partial charge in [0.05, 0.1) is 24.4 Å². The highest BCUT2D eigenvalue weighted by atomic mass is 16.5. The van der Waals surface area contributed by atoms with E-state index in [1.165, 1.54) is 50.5 Å². The molecule has 8 nitrogen and oxygen atoms in total. The molecule has 1 aromatic carbocycles. The number of nitrogens with one attached hydrogen (secondary N) is 2. The molecule has 47 heavy (non-hydrogen) atoms. The van der Waals surface area contributed by atoms with E-state index in [-0.39, 0.29) is 35.5 Å². The highest BCUT2D eigenvalue weighted by Gasteiger charge is 2.49. The van der Waals surface area contributed by atoms with Crippen LogP contribution in [0.25, 0.3) is 5.70 Å². The predicted molar refractivity (Wildman–Crippen MR) is 195 cm³/mol. The van der Waals surface area contributed by atoms with Crippen molar-refractivity contribution in [2.24, 2.45) is 23.7 Å². The lowest BCUT2D eigenvalue weighted by Crippen LogP contribution is -2.43. The number of carbonyl (C=O) groups is 1. The topological polar surface area (TPSA) is 90.0 Å². The molecule has 1 amide bonds. The molecular formula is C39H59N5O3. The molecule has 2 aliphatic carbocycles. The van der Waals surface area contributed by atoms with Crippen LogP contribution in [0.4, 0.5) is 11.5 Å². The summed E-state index contributed by atoms with van der Waals surface area (Å²) in [5, 5.41) is 18.1. The highest BCUT2D eigenvalue weighted by Crippen LogP contribution is 2.47. The molecule has 1 aromatic heterocycles. The number of anilines is 2. The van der Waals surface area contributed by atoms with E-state index in [2.05, 4.69) is 79.5 Å². The van der Waals surface area contributed by atoms with Gasteiger partial charge in [-0.2, -0.15) is 0 Å². The summed E-state index contributed by atoms with van der Waals surface area (Å²) in [4.78, 5) is 21.8. The molecule has 4 rings (SSSR count). The van der Waals surface area contributed by atoms with E-state index >= 15 is 0 Å². The zero-order valence-electron chi connectivity index (χ0n) is 30.1. The number of pyridine rings is 1. The standard InChI is InChI=1S/C39H59N5O3/c1-9-21-44(8)22-12-11-13-26(3)20-23-47-32-18-16-29(17-19-32)35(27(4)10-2)42-38-28(5)36(33(45)25-40-38)41-37-31-15-14-30(24-31)34(37)39(46)43(6)7/h14-19,25-26,30-31,34,37,45H,9-13,20-24H2,1-8H3,(H2,40,41,42)/b35-27+. The first-order valence-corrected chi connectivity index (χ1v) is 17.8. The van der Waals surface area contributed by atoms with Gasteiger partial charge in [0.1, 0.15) is 11.6 Å². The monoisotopic (exact) mass is 645 g/mol. The van der Waals surface area contributed by atoms with E-state index in [4.69, 9.17) is 4.74 Å². The normalized spacial score (nSPS) is 21.1. The Kier molecular flexibility index (Phi) is 13.2. The van der Waals surface area contributed by atoms with Gasteiger partial charge in [-0.15, -0.1) is 0 Å². The Morgan fingerprint density at radius 2 is 1.79 bits per heavy atom. The van der Waals surface area contributed by atoms with Gasteiger partial charge in [-0.3, -0.25) is 4.79 Å². The van der Waals surface area contributed by atoms with Gasteiger partial charge in [-0.1, -0.05) is 45.8 Å². The first-order chi connectivity index (χ1) is 22.5. The third kappa shape index (κ3) is 9.31. The van der Waals surface area contributed by atoms with Crippen LogP contribution >= 0.6 is 0 Å². The van der Waals surface area contributed by atoms with Gasteiger partial charge in [-0.25, -0.2) is 4.98 Å². The largest absolute Gasteiger partial charge is 0.504 e. The van der Waals surface area contributed by atoms with E-state index in [9.17, 15) is 9.90 Å². The van der Waals surface area contributed by atoms with Gasteiger partial charge in [-0.05, 0) is 119 Å². The second-order valence-electron chi connectivity index (χ2n) is 14.1. The van der Waals surface area contributed by atoms with Gasteiger partial charge in [0.2, 0.25) is 5.91 Å². The number of aromatic hydroxyl groups is 1. The van der Waals surface area contributed by atoms with Gasteiger partial charge >= 0.3 is 0 Å². The van der Waals surface area contributed by atoms with Crippen LogP contribution in [0.5, 0.6) is 11.5 Å². The Morgan fingerprint density at radius 1 is 1.06 bits per heavy atom. The number of rotatable bonds is 18. The number of aromatic nitrogens is 1. The summed E-state index contributed by atoms with van der Waals surface area (Å²) in [7, 11) is 5.84. The number of allylic oxidation sites excluding steroid dienone is 2. The van der Waals surface area contributed by atoms with Gasteiger partial charge < -0.3 is 30.3 Å². The maximum atomic E-state index is 13.1. The molecule has 8 heteroatoms. The number of ether oxygens (including phenoxy) is 1. The second-order valence-corrected chi connectivity index (χ2v) is 14.1. The number of carbonyl (C=O) groups excluding carboxylic acids is 1. The second kappa shape index (κ2) is 17.0. The van der Waals surface area contributed by atoms with Crippen molar-refractivity contribution in [3.63, 3.8) is 0 Å². The van der Waals surface area contributed by atoms with E-state index in [1.54, 1.807) is 4.90 Å². The molecule has 1 fully saturated rings. The Labute approximate surface area is 283 Å². The van der Waals surface area contributed by atoms with Crippen LogP contribution in [0.15, 0.2) is 48.2 Å². The molecule has 2 aromatic rings. The number of unbranched alkanes of at least 4 members (excludes halogenated alkanes) is 1. The Balaban J connectivity index is 1.39. The summed E-state index contributed by atoms with van der Waals surface area (Å²) in [5.74, 6) is 2.72. The lowest BCUT2D eigenvalue weighted by molar-refractivity contribution is -0.134. The summed E-state index contributed by atoms with van der Waals surface area (Å²) in [6.45, 7) is 13.9. The number of amides is 1. The minimum absolute atomic E-state index is 0.0831. The van der Waals surface area contributed by atoms with Crippen LogP contribution in [0, 0.1) is 30.6 Å². The van der Waals surface area contributed by atoms with E-state index < -0.39 is 0 Å². The van der Waals surface area contributed by atoms with Crippen LogP contribution in [-0.4, -0.2) is 72.7 Å². The van der Waals surface area contributed by atoms with Crippen molar-refractivity contribution in [1.82, 2.24) is 14.8 Å². The third-order valence-corrected chi connectivity index (χ3v) is 10.1. The molecule has 258 valence electrons. The molecule has 5 atom stereocenters. The lowest BCUT2D eigenvalue weighted by atomic mass is 9.87. The minimum Gasteiger partial charge on any atom is -0.504 e. The average molecular weight is 646 g/mol. The first-order valence-electron chi connectivity index (χ1n) is 17.8. The van der Waals surface area contributed by atoms with Gasteiger partial charge in [0.25, 0.3) is 0 Å². The Hall–Kier alpha value is -3.52. The molecule has 3 N–H and O–H groups in total. The molecule has 0 radical (unpaired) electrons. The van der Waals surface area contributed by atoms with E-state index in [1.807, 2.05) is 33.2 Å². The van der Waals surface area contributed by atoms with Crippen molar-refractivity contribution in [3.05, 3.63) is 59.3 Å². The zero-order chi connectivity index (χ0) is 34.1. The third-order valence-electron chi connectivity index (χ3n) is 10.1. The molecule has 0 aliphatic heterocycles. The Bertz CT molecular complexity index is 1390. The highest BCUT2D eigenvalue weighted by molar-refractivity contribution is 5.83. The van der Waals surface area contributed by atoms with Crippen LogP contribution in [0.3, 0.4) is 0 Å². The molecule has 2 bridgehead atoms. The quantitative estimate of drug-likeness (QED) is 0.112. The fourth-order valence-corrected chi connectivity index (χ4v) is 7.05. The van der Waals surface area contributed by atoms with Crippen molar-refractivity contribution in [1.29, 1.82) is 0 Å². The number of hydrogen-bond donors (Lipinski definition) is 3. The van der Waals surface area contributed by atoms with Crippen molar-refractivity contribution in [2.45, 2.75) is 85.6 Å². The average Bonchev–Trinajstić information content (AvgIpc) is 3.67. The van der Waals surface area contributed by atoms with Crippen LogP contribution in [-0.2, 0) is 4.79 Å². The van der Waals surface area contributed by atoms with Crippen molar-refractivity contribution >= 4 is 23.1 Å². The maximum Gasteiger partial charge on any atom is 0.227 e. The van der Waals surface area contributed by atoms with Crippen molar-refractivity contribution < 1.29 is 14.6 Å². The molecule has 0 saturated heterocycles. The summed E-state index contributed by atoms with van der Waals surface area (Å²) in [5.41, 5.74) is 4.69. The molecule has 1 saturated carbocycles. The SMILES string of the molecule is CCCN(C)CCCCC(C)CCOc1ccc(/C(Nc2ncc(O)c(NC3C4C=CC(C4)C3C(=O)N(C)C)c2C)=C(/C)CC)cc1. The van der Waals surface area contributed by atoms with E-state index in [0.29, 0.717) is 17.4 Å². The summed E-state index contributed by atoms with van der Waals surface area (Å²) in [6, 6.07) is 8.20. The van der Waals surface area contributed by atoms with Crippen LogP contribution < -0.4 is 15.4 Å². The van der Waals surface area contributed by atoms with E-state index in [0.717, 1.165) is 48.4 Å². The maximum absolute atomic E-state index is 13.1. The molecule has 5 unspecified atom stereocenters. The molecule has 1 heterocycles. The lowest BCUT2D eigenvalue weighted by Gasteiger charge is -2.31. The summed E-state index contributed by atoms with van der Waals surface area (Å²) >= 11 is 0.